The number of amides is 2. The van der Waals surface area contributed by atoms with Gasteiger partial charge in [-0.3, -0.25) is 9.59 Å². The zero-order valence-corrected chi connectivity index (χ0v) is 20.9. The fraction of sp³-hybridized carbons (Fsp3) is 0.172. The normalized spacial score (nSPS) is 10.9. The van der Waals surface area contributed by atoms with E-state index in [-0.39, 0.29) is 18.3 Å². The Labute approximate surface area is 220 Å². The lowest BCUT2D eigenvalue weighted by Gasteiger charge is -2.07. The molecule has 194 valence electrons. The Morgan fingerprint density at radius 3 is 2.47 bits per heavy atom. The number of carbonyl (C=O) groups excluding carboxylic acids is 2. The number of hydrazone groups is 1. The maximum atomic E-state index is 13.4. The Morgan fingerprint density at radius 2 is 1.76 bits per heavy atom. The summed E-state index contributed by atoms with van der Waals surface area (Å²) in [4.78, 5) is 24.6. The van der Waals surface area contributed by atoms with Crippen molar-refractivity contribution < 1.29 is 18.7 Å². The van der Waals surface area contributed by atoms with Crippen LogP contribution in [0, 0.1) is 5.82 Å². The third-order valence-corrected chi connectivity index (χ3v) is 5.57. The number of nitrogens with one attached hydrogen (secondary N) is 2. The summed E-state index contributed by atoms with van der Waals surface area (Å²) in [5, 5.41) is 11.2. The van der Waals surface area contributed by atoms with Crippen LogP contribution >= 0.6 is 0 Å². The summed E-state index contributed by atoms with van der Waals surface area (Å²) in [6.45, 7) is 2.46. The quantitative estimate of drug-likeness (QED) is 0.172. The Hall–Kier alpha value is -4.79. The van der Waals surface area contributed by atoms with E-state index in [1.54, 1.807) is 47.3 Å². The molecule has 0 aliphatic carbocycles. The fourth-order valence-corrected chi connectivity index (χ4v) is 3.54. The summed E-state index contributed by atoms with van der Waals surface area (Å²) < 4.78 is 20.7. The van der Waals surface area contributed by atoms with E-state index in [1.807, 2.05) is 30.3 Å². The minimum atomic E-state index is -0.493. The van der Waals surface area contributed by atoms with Crippen LogP contribution in [0.25, 0.3) is 16.9 Å². The van der Waals surface area contributed by atoms with Gasteiger partial charge in [-0.05, 0) is 67.1 Å². The van der Waals surface area contributed by atoms with Crippen LogP contribution in [0.1, 0.15) is 35.7 Å². The molecule has 0 aliphatic heterocycles. The van der Waals surface area contributed by atoms with E-state index >= 15 is 0 Å². The molecule has 2 amide bonds. The van der Waals surface area contributed by atoms with Crippen molar-refractivity contribution >= 4 is 18.0 Å². The van der Waals surface area contributed by atoms with Crippen LogP contribution in [0.15, 0.2) is 90.2 Å². The topological polar surface area (TPSA) is 97.6 Å². The molecule has 0 unspecified atom stereocenters. The third kappa shape index (κ3) is 7.13. The maximum Gasteiger partial charge on any atom is 0.259 e. The van der Waals surface area contributed by atoms with E-state index < -0.39 is 5.91 Å². The number of unbranched alkanes of at least 4 members (excludes halogenated alkanes) is 1. The van der Waals surface area contributed by atoms with Gasteiger partial charge in [-0.25, -0.2) is 14.5 Å². The molecule has 3 aromatic carbocycles. The second kappa shape index (κ2) is 13.0. The van der Waals surface area contributed by atoms with Gasteiger partial charge in [0, 0.05) is 22.9 Å². The Balaban J connectivity index is 1.36. The molecule has 4 aromatic rings. The van der Waals surface area contributed by atoms with Crippen molar-refractivity contribution in [2.75, 3.05) is 13.2 Å². The molecule has 8 nitrogen and oxygen atoms in total. The van der Waals surface area contributed by atoms with Gasteiger partial charge in [0.05, 0.1) is 25.1 Å². The highest BCUT2D eigenvalue weighted by atomic mass is 19.1. The summed E-state index contributed by atoms with van der Waals surface area (Å²) >= 11 is 0. The van der Waals surface area contributed by atoms with Gasteiger partial charge in [-0.1, -0.05) is 31.5 Å². The van der Waals surface area contributed by atoms with Gasteiger partial charge in [-0.15, -0.1) is 0 Å². The van der Waals surface area contributed by atoms with Gasteiger partial charge >= 0.3 is 0 Å². The molecule has 0 fully saturated rings. The molecule has 0 bridgehead atoms. The van der Waals surface area contributed by atoms with Gasteiger partial charge in [0.1, 0.15) is 17.3 Å². The first-order valence-electron chi connectivity index (χ1n) is 12.3. The fourth-order valence-electron chi connectivity index (χ4n) is 3.54. The molecule has 0 aliphatic rings. The van der Waals surface area contributed by atoms with Crippen LogP contribution in [0.5, 0.6) is 5.75 Å². The highest BCUT2D eigenvalue weighted by Gasteiger charge is 2.12. The van der Waals surface area contributed by atoms with E-state index in [1.165, 1.54) is 18.3 Å². The van der Waals surface area contributed by atoms with Crippen LogP contribution in [-0.4, -0.2) is 41.0 Å². The van der Waals surface area contributed by atoms with Crippen molar-refractivity contribution in [3.8, 4) is 22.7 Å². The summed E-state index contributed by atoms with van der Waals surface area (Å²) in [6.07, 6.45) is 5.23. The minimum Gasteiger partial charge on any atom is -0.494 e. The van der Waals surface area contributed by atoms with Crippen LogP contribution in [0.4, 0.5) is 4.39 Å². The predicted molar refractivity (Wildman–Crippen MR) is 144 cm³/mol. The van der Waals surface area contributed by atoms with Crippen molar-refractivity contribution in [1.82, 2.24) is 20.5 Å². The Bertz CT molecular complexity index is 1380. The molecule has 38 heavy (non-hydrogen) atoms. The number of para-hydroxylation sites is 1. The number of benzene rings is 3. The molecular weight excluding hydrogens is 485 g/mol. The van der Waals surface area contributed by atoms with Crippen molar-refractivity contribution in [3.05, 3.63) is 102 Å². The Kier molecular flexibility index (Phi) is 8.96. The SMILES string of the molecule is CCCCOc1ccc(C(=O)NCC(=O)NN=Cc2cn(-c3ccccc3)nc2-c2ccc(F)cc2)cc1. The van der Waals surface area contributed by atoms with Gasteiger partial charge in [-0.2, -0.15) is 10.2 Å². The lowest BCUT2D eigenvalue weighted by molar-refractivity contribution is -0.120. The molecule has 4 rings (SSSR count). The highest BCUT2D eigenvalue weighted by Crippen LogP contribution is 2.23. The third-order valence-electron chi connectivity index (χ3n) is 5.57. The van der Waals surface area contributed by atoms with Gasteiger partial charge < -0.3 is 10.1 Å². The average Bonchev–Trinajstić information content (AvgIpc) is 3.37. The van der Waals surface area contributed by atoms with Gasteiger partial charge in [0.15, 0.2) is 0 Å². The zero-order valence-electron chi connectivity index (χ0n) is 20.9. The summed E-state index contributed by atoms with van der Waals surface area (Å²) in [7, 11) is 0. The van der Waals surface area contributed by atoms with Crippen LogP contribution in [-0.2, 0) is 4.79 Å². The molecule has 0 radical (unpaired) electrons. The molecule has 0 saturated carbocycles. The smallest absolute Gasteiger partial charge is 0.259 e. The van der Waals surface area contributed by atoms with E-state index in [2.05, 4.69) is 27.9 Å². The molecule has 9 heteroatoms. The van der Waals surface area contributed by atoms with Gasteiger partial charge in [0.2, 0.25) is 0 Å². The van der Waals surface area contributed by atoms with Crippen LogP contribution in [0.3, 0.4) is 0 Å². The molecule has 0 spiro atoms. The maximum absolute atomic E-state index is 13.4. The molecule has 1 aromatic heterocycles. The van der Waals surface area contributed by atoms with Crippen molar-refractivity contribution in [3.63, 3.8) is 0 Å². The average molecular weight is 514 g/mol. The summed E-state index contributed by atoms with van der Waals surface area (Å²) in [5.74, 6) is -0.533. The van der Waals surface area contributed by atoms with Crippen molar-refractivity contribution in [2.24, 2.45) is 5.10 Å². The van der Waals surface area contributed by atoms with Crippen LogP contribution in [0.2, 0.25) is 0 Å². The van der Waals surface area contributed by atoms with Crippen molar-refractivity contribution in [2.45, 2.75) is 19.8 Å². The first-order chi connectivity index (χ1) is 18.5. The number of carbonyl (C=O) groups is 2. The summed E-state index contributed by atoms with van der Waals surface area (Å²) in [5.41, 5.74) is 5.55. The van der Waals surface area contributed by atoms with Gasteiger partial charge in [0.25, 0.3) is 11.8 Å². The highest BCUT2D eigenvalue weighted by molar-refractivity contribution is 5.96. The van der Waals surface area contributed by atoms with E-state index in [4.69, 9.17) is 4.74 Å². The van der Waals surface area contributed by atoms with E-state index in [0.717, 1.165) is 18.5 Å². The second-order valence-electron chi connectivity index (χ2n) is 8.42. The monoisotopic (exact) mass is 513 g/mol. The standard InChI is InChI=1S/C29H28FN5O3/c1-2-3-17-38-26-15-11-22(12-16-26)29(37)31-19-27(36)33-32-18-23-20-35(25-7-5-4-6-8-25)34-28(23)21-9-13-24(30)14-10-21/h4-16,18,20H,2-3,17,19H2,1H3,(H,31,37)(H,33,36). The minimum absolute atomic E-state index is 0.251. The largest absolute Gasteiger partial charge is 0.494 e. The second-order valence-corrected chi connectivity index (χ2v) is 8.42. The lowest BCUT2D eigenvalue weighted by atomic mass is 10.1. The summed E-state index contributed by atoms with van der Waals surface area (Å²) in [6, 6.07) is 22.2. The number of hydrogen-bond donors (Lipinski definition) is 2. The molecule has 0 atom stereocenters. The molecule has 0 saturated heterocycles. The lowest BCUT2D eigenvalue weighted by Crippen LogP contribution is -2.34. The number of aromatic nitrogens is 2. The number of rotatable bonds is 11. The number of halogens is 1. The van der Waals surface area contributed by atoms with Crippen LogP contribution < -0.4 is 15.5 Å². The van der Waals surface area contributed by atoms with Crippen molar-refractivity contribution in [1.29, 1.82) is 0 Å². The number of ether oxygens (including phenoxy) is 1. The number of hydrogen-bond acceptors (Lipinski definition) is 5. The van der Waals surface area contributed by atoms with E-state index in [0.29, 0.717) is 34.7 Å². The predicted octanol–water partition coefficient (Wildman–Crippen LogP) is 4.74. The Morgan fingerprint density at radius 1 is 1.03 bits per heavy atom. The van der Waals surface area contributed by atoms with E-state index in [9.17, 15) is 14.0 Å². The zero-order chi connectivity index (χ0) is 26.7. The first kappa shape index (κ1) is 26.3. The molecular formula is C29H28FN5O3. The number of nitrogens with zero attached hydrogens (tertiary/aromatic N) is 3. The first-order valence-corrected chi connectivity index (χ1v) is 12.3. The molecule has 2 N–H and O–H groups in total. The molecule has 1 heterocycles.